The summed E-state index contributed by atoms with van der Waals surface area (Å²) in [4.78, 5) is 25.9. The van der Waals surface area contributed by atoms with E-state index in [1.54, 1.807) is 12.3 Å². The Morgan fingerprint density at radius 2 is 1.88 bits per heavy atom. The number of amides is 4. The average Bonchev–Trinajstić information content (AvgIpc) is 3.19. The van der Waals surface area contributed by atoms with Crippen molar-refractivity contribution in [3.8, 4) is 0 Å². The Kier molecular flexibility index (Phi) is 6.80. The summed E-state index contributed by atoms with van der Waals surface area (Å²) in [6.45, 7) is 3.24. The predicted molar refractivity (Wildman–Crippen MR) is 98.6 cm³/mol. The molecule has 3 N–H and O–H groups in total. The Morgan fingerprint density at radius 3 is 2.69 bits per heavy atom. The van der Waals surface area contributed by atoms with Crippen LogP contribution < -0.4 is 16.0 Å². The van der Waals surface area contributed by atoms with E-state index in [0.29, 0.717) is 37.7 Å². The van der Waals surface area contributed by atoms with Crippen molar-refractivity contribution >= 4 is 12.1 Å². The molecule has 0 radical (unpaired) electrons. The lowest BCUT2D eigenvalue weighted by Gasteiger charge is -2.41. The Hall–Kier alpha value is -2.18. The molecule has 0 bridgehead atoms. The molecule has 7 heteroatoms. The van der Waals surface area contributed by atoms with Crippen LogP contribution >= 0.6 is 0 Å². The molecule has 2 heterocycles. The smallest absolute Gasteiger partial charge is 0.317 e. The molecule has 2 unspecified atom stereocenters. The van der Waals surface area contributed by atoms with E-state index in [1.807, 2.05) is 11.0 Å². The molecule has 1 aliphatic carbocycles. The molecule has 0 spiro atoms. The van der Waals surface area contributed by atoms with Gasteiger partial charge in [-0.25, -0.2) is 9.59 Å². The van der Waals surface area contributed by atoms with Crippen LogP contribution in [0.2, 0.25) is 0 Å². The first kappa shape index (κ1) is 18.6. The third-order valence-corrected chi connectivity index (χ3v) is 5.50. The second-order valence-corrected chi connectivity index (χ2v) is 7.31. The first-order valence-electron chi connectivity index (χ1n) is 9.79. The fourth-order valence-corrected chi connectivity index (χ4v) is 4.03. The van der Waals surface area contributed by atoms with Gasteiger partial charge in [-0.15, -0.1) is 0 Å². The third-order valence-electron chi connectivity index (χ3n) is 5.50. The summed E-state index contributed by atoms with van der Waals surface area (Å²) in [5, 5.41) is 8.48. The van der Waals surface area contributed by atoms with Crippen LogP contribution in [-0.4, -0.2) is 43.1 Å². The van der Waals surface area contributed by atoms with E-state index in [0.717, 1.165) is 25.4 Å². The number of hydrogen-bond acceptors (Lipinski definition) is 3. The van der Waals surface area contributed by atoms with E-state index >= 15 is 0 Å². The molecule has 1 saturated carbocycles. The minimum absolute atomic E-state index is 0.0382. The molecule has 1 aromatic heterocycles. The first-order valence-corrected chi connectivity index (χ1v) is 9.79. The van der Waals surface area contributed by atoms with Crippen LogP contribution in [-0.2, 0) is 6.54 Å². The molecule has 3 rings (SSSR count). The van der Waals surface area contributed by atoms with Crippen molar-refractivity contribution in [3.63, 3.8) is 0 Å². The number of carbonyl (C=O) groups excluding carboxylic acids is 2. The highest BCUT2D eigenvalue weighted by atomic mass is 16.3. The number of hydrogen-bond donors (Lipinski definition) is 3. The highest BCUT2D eigenvalue weighted by molar-refractivity contribution is 5.74. The summed E-state index contributed by atoms with van der Waals surface area (Å²) < 4.78 is 5.15. The van der Waals surface area contributed by atoms with Crippen molar-refractivity contribution in [3.05, 3.63) is 24.2 Å². The largest absolute Gasteiger partial charge is 0.467 e. The Labute approximate surface area is 154 Å². The van der Waals surface area contributed by atoms with Crippen LogP contribution in [0.3, 0.4) is 0 Å². The van der Waals surface area contributed by atoms with E-state index < -0.39 is 0 Å². The SMILES string of the molecule is O=C(NCCCNC(=O)N1CCC2CCCCC2C1)NCc1ccco1. The second kappa shape index (κ2) is 9.50. The second-order valence-electron chi connectivity index (χ2n) is 7.31. The lowest BCUT2D eigenvalue weighted by Crippen LogP contribution is -2.49. The maximum Gasteiger partial charge on any atom is 0.317 e. The molecule has 1 saturated heterocycles. The van der Waals surface area contributed by atoms with Gasteiger partial charge in [-0.05, 0) is 43.2 Å². The summed E-state index contributed by atoms with van der Waals surface area (Å²) in [5.41, 5.74) is 0. The molecule has 1 aliphatic heterocycles. The summed E-state index contributed by atoms with van der Waals surface area (Å²) in [7, 11) is 0. The zero-order valence-corrected chi connectivity index (χ0v) is 15.3. The average molecular weight is 362 g/mol. The standard InChI is InChI=1S/C19H30N4O3/c24-18(22-13-17-7-3-12-26-17)20-9-4-10-21-19(25)23-11-8-15-5-1-2-6-16(15)14-23/h3,7,12,15-16H,1-2,4-6,8-11,13-14H2,(H,21,25)(H2,20,22,24). The molecular weight excluding hydrogens is 332 g/mol. The topological polar surface area (TPSA) is 86.6 Å². The number of likely N-dealkylation sites (tertiary alicyclic amines) is 1. The van der Waals surface area contributed by atoms with Gasteiger partial charge in [0.25, 0.3) is 0 Å². The van der Waals surface area contributed by atoms with E-state index in [4.69, 9.17) is 4.42 Å². The van der Waals surface area contributed by atoms with E-state index in [2.05, 4.69) is 16.0 Å². The molecule has 1 aromatic rings. The van der Waals surface area contributed by atoms with Gasteiger partial charge in [-0.1, -0.05) is 19.3 Å². The van der Waals surface area contributed by atoms with Crippen LogP contribution in [0.15, 0.2) is 22.8 Å². The maximum absolute atomic E-state index is 12.3. The zero-order chi connectivity index (χ0) is 18.2. The fourth-order valence-electron chi connectivity index (χ4n) is 4.03. The van der Waals surface area contributed by atoms with Gasteiger partial charge in [0.05, 0.1) is 12.8 Å². The van der Waals surface area contributed by atoms with E-state index in [1.165, 1.54) is 25.7 Å². The van der Waals surface area contributed by atoms with Crippen molar-refractivity contribution < 1.29 is 14.0 Å². The van der Waals surface area contributed by atoms with Crippen LogP contribution in [0.4, 0.5) is 9.59 Å². The summed E-state index contributed by atoms with van der Waals surface area (Å²) in [6, 6.07) is 3.41. The predicted octanol–water partition coefficient (Wildman–Crippen LogP) is 2.69. The lowest BCUT2D eigenvalue weighted by molar-refractivity contribution is 0.102. The van der Waals surface area contributed by atoms with Gasteiger partial charge in [0.15, 0.2) is 0 Å². The van der Waals surface area contributed by atoms with Crippen molar-refractivity contribution in [2.24, 2.45) is 11.8 Å². The van der Waals surface area contributed by atoms with Crippen LogP contribution in [0.5, 0.6) is 0 Å². The number of urea groups is 2. The third kappa shape index (κ3) is 5.41. The number of fused-ring (bicyclic) bond motifs is 1. The van der Waals surface area contributed by atoms with Crippen LogP contribution in [0, 0.1) is 11.8 Å². The minimum Gasteiger partial charge on any atom is -0.467 e. The van der Waals surface area contributed by atoms with Crippen molar-refractivity contribution in [1.29, 1.82) is 0 Å². The number of carbonyl (C=O) groups is 2. The van der Waals surface area contributed by atoms with Gasteiger partial charge in [-0.3, -0.25) is 0 Å². The lowest BCUT2D eigenvalue weighted by atomic mass is 9.75. The summed E-state index contributed by atoms with van der Waals surface area (Å²) >= 11 is 0. The molecule has 0 aromatic carbocycles. The highest BCUT2D eigenvalue weighted by Crippen LogP contribution is 2.35. The Bertz CT molecular complexity index is 575. The Morgan fingerprint density at radius 1 is 1.08 bits per heavy atom. The van der Waals surface area contributed by atoms with Gasteiger partial charge in [0.1, 0.15) is 5.76 Å². The fraction of sp³-hybridized carbons (Fsp3) is 0.684. The number of piperidine rings is 1. The molecule has 7 nitrogen and oxygen atoms in total. The molecule has 2 atom stereocenters. The van der Waals surface area contributed by atoms with Crippen molar-refractivity contribution in [2.45, 2.75) is 45.1 Å². The van der Waals surface area contributed by atoms with E-state index in [9.17, 15) is 9.59 Å². The normalized spacial score (nSPS) is 22.4. The van der Waals surface area contributed by atoms with Crippen molar-refractivity contribution in [1.82, 2.24) is 20.9 Å². The number of rotatable bonds is 6. The Balaban J connectivity index is 1.24. The quantitative estimate of drug-likeness (QED) is 0.680. The van der Waals surface area contributed by atoms with Gasteiger partial charge in [-0.2, -0.15) is 0 Å². The van der Waals surface area contributed by atoms with Gasteiger partial charge < -0.3 is 25.3 Å². The molecular formula is C19H30N4O3. The van der Waals surface area contributed by atoms with Crippen molar-refractivity contribution in [2.75, 3.05) is 26.2 Å². The van der Waals surface area contributed by atoms with Gasteiger partial charge >= 0.3 is 12.1 Å². The maximum atomic E-state index is 12.3. The van der Waals surface area contributed by atoms with Gasteiger partial charge in [0, 0.05) is 26.2 Å². The number of nitrogens with one attached hydrogen (secondary N) is 3. The van der Waals surface area contributed by atoms with Crippen LogP contribution in [0.1, 0.15) is 44.3 Å². The monoisotopic (exact) mass is 362 g/mol. The molecule has 26 heavy (non-hydrogen) atoms. The summed E-state index contributed by atoms with van der Waals surface area (Å²) in [6.07, 6.45) is 8.71. The first-order chi connectivity index (χ1) is 12.7. The van der Waals surface area contributed by atoms with Crippen LogP contribution in [0.25, 0.3) is 0 Å². The number of nitrogens with zero attached hydrogens (tertiary/aromatic N) is 1. The van der Waals surface area contributed by atoms with E-state index in [-0.39, 0.29) is 12.1 Å². The van der Waals surface area contributed by atoms with Gasteiger partial charge in [0.2, 0.25) is 0 Å². The number of furan rings is 1. The minimum atomic E-state index is -0.230. The molecule has 2 aliphatic rings. The summed E-state index contributed by atoms with van der Waals surface area (Å²) in [5.74, 6) is 2.24. The highest BCUT2D eigenvalue weighted by Gasteiger charge is 2.32. The molecule has 2 fully saturated rings. The molecule has 144 valence electrons. The zero-order valence-electron chi connectivity index (χ0n) is 15.3. The molecule has 4 amide bonds.